The van der Waals surface area contributed by atoms with Gasteiger partial charge in [-0.25, -0.2) is 10.4 Å². The third-order valence-corrected chi connectivity index (χ3v) is 3.78. The maximum absolute atomic E-state index is 11.9. The number of aromatic nitrogens is 1. The van der Waals surface area contributed by atoms with Gasteiger partial charge in [0.15, 0.2) is 16.6 Å². The Kier molecular flexibility index (Phi) is 3.44. The number of benzene rings is 1. The van der Waals surface area contributed by atoms with Crippen molar-refractivity contribution in [3.63, 3.8) is 0 Å². The van der Waals surface area contributed by atoms with E-state index in [0.29, 0.717) is 27.2 Å². The third-order valence-electron chi connectivity index (χ3n) is 2.80. The smallest absolute Gasteiger partial charge is 0.283 e. The van der Waals surface area contributed by atoms with Crippen LogP contribution < -0.4 is 20.6 Å². The number of ether oxygens (including phenoxy) is 2. The van der Waals surface area contributed by atoms with Gasteiger partial charge in [0.05, 0.1) is 11.9 Å². The van der Waals surface area contributed by atoms with Crippen molar-refractivity contribution in [3.05, 3.63) is 34.3 Å². The van der Waals surface area contributed by atoms with Crippen LogP contribution in [0.1, 0.15) is 20.9 Å². The summed E-state index contributed by atoms with van der Waals surface area (Å²) in [6.45, 7) is 1.95. The molecular formula is C13H12N4O3S. The Morgan fingerprint density at radius 2 is 2.29 bits per heavy atom. The van der Waals surface area contributed by atoms with Crippen LogP contribution in [-0.4, -0.2) is 23.9 Å². The summed E-state index contributed by atoms with van der Waals surface area (Å²) in [4.78, 5) is 16.3. The summed E-state index contributed by atoms with van der Waals surface area (Å²) in [5.74, 6) is 1.03. The first-order valence-electron chi connectivity index (χ1n) is 6.09. The number of anilines is 1. The molecule has 1 amide bonds. The lowest BCUT2D eigenvalue weighted by atomic mass is 10.2. The maximum atomic E-state index is 11.9. The fourth-order valence-corrected chi connectivity index (χ4v) is 2.56. The van der Waals surface area contributed by atoms with Crippen LogP contribution in [0.2, 0.25) is 0 Å². The van der Waals surface area contributed by atoms with Gasteiger partial charge in [-0.05, 0) is 30.7 Å². The monoisotopic (exact) mass is 304 g/mol. The molecule has 2 aromatic rings. The number of hydrazone groups is 1. The molecule has 0 saturated heterocycles. The highest BCUT2D eigenvalue weighted by atomic mass is 32.1. The lowest BCUT2D eigenvalue weighted by molar-refractivity contribution is 0.0958. The van der Waals surface area contributed by atoms with E-state index >= 15 is 0 Å². The number of nitrogens with two attached hydrogens (primary N) is 1. The fraction of sp³-hybridized carbons (Fsp3) is 0.154. The largest absolute Gasteiger partial charge is 0.454 e. The van der Waals surface area contributed by atoms with E-state index in [1.54, 1.807) is 19.1 Å². The number of nitrogen functional groups attached to an aromatic ring is 1. The molecule has 3 N–H and O–H groups in total. The van der Waals surface area contributed by atoms with E-state index in [2.05, 4.69) is 15.5 Å². The van der Waals surface area contributed by atoms with Crippen LogP contribution >= 0.6 is 11.3 Å². The van der Waals surface area contributed by atoms with E-state index in [4.69, 9.17) is 15.2 Å². The molecule has 1 aliphatic rings. The van der Waals surface area contributed by atoms with E-state index in [9.17, 15) is 4.79 Å². The average molecular weight is 304 g/mol. The van der Waals surface area contributed by atoms with Crippen molar-refractivity contribution >= 4 is 28.6 Å². The first-order chi connectivity index (χ1) is 10.1. The van der Waals surface area contributed by atoms with Gasteiger partial charge < -0.3 is 15.2 Å². The minimum Gasteiger partial charge on any atom is -0.454 e. The summed E-state index contributed by atoms with van der Waals surface area (Å²) >= 11 is 1.13. The van der Waals surface area contributed by atoms with Gasteiger partial charge in [-0.15, -0.1) is 0 Å². The number of amides is 1. The molecule has 2 heterocycles. The number of rotatable bonds is 3. The number of carbonyl (C=O) groups is 1. The van der Waals surface area contributed by atoms with E-state index in [0.717, 1.165) is 16.9 Å². The summed E-state index contributed by atoms with van der Waals surface area (Å²) in [7, 11) is 0. The highest BCUT2D eigenvalue weighted by molar-refractivity contribution is 7.17. The van der Waals surface area contributed by atoms with E-state index < -0.39 is 0 Å². The Bertz CT molecular complexity index is 726. The number of hydrogen-bond donors (Lipinski definition) is 2. The molecular weight excluding hydrogens is 292 g/mol. The zero-order valence-electron chi connectivity index (χ0n) is 11.1. The van der Waals surface area contributed by atoms with Crippen LogP contribution in [0.5, 0.6) is 11.5 Å². The zero-order valence-corrected chi connectivity index (χ0v) is 11.9. The summed E-state index contributed by atoms with van der Waals surface area (Å²) in [6.07, 6.45) is 1.53. The van der Waals surface area contributed by atoms with Crippen molar-refractivity contribution < 1.29 is 14.3 Å². The molecule has 0 unspecified atom stereocenters. The van der Waals surface area contributed by atoms with Gasteiger partial charge >= 0.3 is 0 Å². The second kappa shape index (κ2) is 5.41. The quantitative estimate of drug-likeness (QED) is 0.662. The lowest BCUT2D eigenvalue weighted by Gasteiger charge is -1.98. The summed E-state index contributed by atoms with van der Waals surface area (Å²) < 4.78 is 10.5. The first kappa shape index (κ1) is 13.4. The minimum absolute atomic E-state index is 0.221. The predicted molar refractivity (Wildman–Crippen MR) is 78.9 cm³/mol. The van der Waals surface area contributed by atoms with Gasteiger partial charge in [-0.2, -0.15) is 5.10 Å². The Hall–Kier alpha value is -2.61. The van der Waals surface area contributed by atoms with Crippen molar-refractivity contribution in [3.8, 4) is 11.5 Å². The van der Waals surface area contributed by atoms with Crippen molar-refractivity contribution in [1.82, 2.24) is 10.4 Å². The maximum Gasteiger partial charge on any atom is 0.283 e. The number of fused-ring (bicyclic) bond motifs is 1. The molecule has 0 saturated carbocycles. The number of nitrogens with one attached hydrogen (secondary N) is 1. The van der Waals surface area contributed by atoms with Crippen molar-refractivity contribution in [2.75, 3.05) is 12.5 Å². The van der Waals surface area contributed by atoms with Gasteiger partial charge in [-0.3, -0.25) is 4.79 Å². The molecule has 1 aromatic heterocycles. The summed E-state index contributed by atoms with van der Waals surface area (Å²) in [6, 6.07) is 5.40. The molecule has 1 aromatic carbocycles. The van der Waals surface area contributed by atoms with Crippen LogP contribution in [0, 0.1) is 6.92 Å². The topological polar surface area (TPSA) is 98.8 Å². The Morgan fingerprint density at radius 3 is 3.05 bits per heavy atom. The molecule has 0 spiro atoms. The predicted octanol–water partition coefficient (Wildman–Crippen LogP) is 1.53. The van der Waals surface area contributed by atoms with E-state index in [1.807, 2.05) is 6.07 Å². The number of nitrogens with zero attached hydrogens (tertiary/aromatic N) is 2. The second-order valence-electron chi connectivity index (χ2n) is 4.28. The molecule has 1 aliphatic heterocycles. The van der Waals surface area contributed by atoms with Gasteiger partial charge in [0.1, 0.15) is 4.88 Å². The highest BCUT2D eigenvalue weighted by Crippen LogP contribution is 2.31. The lowest BCUT2D eigenvalue weighted by Crippen LogP contribution is -2.17. The molecule has 3 rings (SSSR count). The van der Waals surface area contributed by atoms with Crippen LogP contribution in [-0.2, 0) is 0 Å². The molecule has 0 bridgehead atoms. The van der Waals surface area contributed by atoms with E-state index in [-0.39, 0.29) is 12.7 Å². The Labute approximate surface area is 124 Å². The van der Waals surface area contributed by atoms with E-state index in [1.165, 1.54) is 6.21 Å². The van der Waals surface area contributed by atoms with Crippen molar-refractivity contribution in [1.29, 1.82) is 0 Å². The van der Waals surface area contributed by atoms with Crippen molar-refractivity contribution in [2.45, 2.75) is 6.92 Å². The van der Waals surface area contributed by atoms with Crippen LogP contribution in [0.15, 0.2) is 23.3 Å². The normalized spacial score (nSPS) is 12.8. The molecule has 7 nitrogen and oxygen atoms in total. The molecule has 0 radical (unpaired) electrons. The number of carbonyl (C=O) groups excluding carboxylic acids is 1. The first-order valence-corrected chi connectivity index (χ1v) is 6.91. The standard InChI is InChI=1S/C13H12N4O3S/c1-7-11(21-13(14)16-7)12(18)17-15-5-8-2-3-9-10(4-8)20-6-19-9/h2-5H,6H2,1H3,(H2,14,16)(H,17,18)/b15-5-. The van der Waals surface area contributed by atoms with Crippen LogP contribution in [0.4, 0.5) is 5.13 Å². The number of thiazole rings is 1. The minimum atomic E-state index is -0.335. The van der Waals surface area contributed by atoms with Gasteiger partial charge in [0, 0.05) is 0 Å². The Morgan fingerprint density at radius 1 is 1.48 bits per heavy atom. The fourth-order valence-electron chi connectivity index (χ4n) is 1.84. The SMILES string of the molecule is Cc1nc(N)sc1C(=O)N/N=C\c1ccc2c(c1)OCO2. The zero-order chi connectivity index (χ0) is 14.8. The summed E-state index contributed by atoms with van der Waals surface area (Å²) in [5, 5.41) is 4.27. The van der Waals surface area contributed by atoms with Crippen molar-refractivity contribution in [2.24, 2.45) is 5.10 Å². The molecule has 0 atom stereocenters. The number of aryl methyl sites for hydroxylation is 1. The Balaban J connectivity index is 1.67. The third kappa shape index (κ3) is 2.79. The van der Waals surface area contributed by atoms with Gasteiger partial charge in [0.25, 0.3) is 5.91 Å². The van der Waals surface area contributed by atoms with Crippen LogP contribution in [0.25, 0.3) is 0 Å². The second-order valence-corrected chi connectivity index (χ2v) is 5.31. The molecule has 8 heteroatoms. The van der Waals surface area contributed by atoms with Crippen LogP contribution in [0.3, 0.4) is 0 Å². The van der Waals surface area contributed by atoms with Gasteiger partial charge in [0.2, 0.25) is 6.79 Å². The molecule has 21 heavy (non-hydrogen) atoms. The summed E-state index contributed by atoms with van der Waals surface area (Å²) in [5.41, 5.74) is 9.38. The average Bonchev–Trinajstić information content (AvgIpc) is 3.04. The number of hydrogen-bond acceptors (Lipinski definition) is 7. The molecule has 0 aliphatic carbocycles. The highest BCUT2D eigenvalue weighted by Gasteiger charge is 2.14. The molecule has 0 fully saturated rings. The molecule has 108 valence electrons. The van der Waals surface area contributed by atoms with Gasteiger partial charge in [-0.1, -0.05) is 11.3 Å².